The van der Waals surface area contributed by atoms with Crippen molar-refractivity contribution in [2.24, 2.45) is 0 Å². The fourth-order valence-corrected chi connectivity index (χ4v) is 0.855. The van der Waals surface area contributed by atoms with Crippen LogP contribution in [0.5, 0.6) is 0 Å². The van der Waals surface area contributed by atoms with Gasteiger partial charge in [-0.25, -0.2) is 12.1 Å². The Morgan fingerprint density at radius 1 is 0.846 bits per heavy atom. The summed E-state index contributed by atoms with van der Waals surface area (Å²) in [5.41, 5.74) is 1.32. The number of aryl methyl sites for hydroxylation is 1. The Labute approximate surface area is 90.4 Å². The van der Waals surface area contributed by atoms with Crippen molar-refractivity contribution in [1.29, 1.82) is 0 Å². The van der Waals surface area contributed by atoms with Crippen molar-refractivity contribution in [3.8, 4) is 0 Å². The molecule has 13 heavy (non-hydrogen) atoms. The minimum Gasteiger partial charge on any atom is -0.214 e. The fourth-order valence-electron chi connectivity index (χ4n) is 0.855. The Hall–Kier alpha value is -0.911. The van der Waals surface area contributed by atoms with E-state index >= 15 is 0 Å². The molecule has 1 radical (unpaired) electrons. The van der Waals surface area contributed by atoms with Gasteiger partial charge in [-0.3, -0.25) is 0 Å². The van der Waals surface area contributed by atoms with E-state index in [1.165, 1.54) is 5.56 Å². The van der Waals surface area contributed by atoms with Gasteiger partial charge in [-0.05, 0) is 6.92 Å². The van der Waals surface area contributed by atoms with Crippen molar-refractivity contribution in [1.82, 2.24) is 0 Å². The predicted molar refractivity (Wildman–Crippen MR) is 53.2 cm³/mol. The van der Waals surface area contributed by atoms with Gasteiger partial charge in [0.25, 0.3) is 0 Å². The summed E-state index contributed by atoms with van der Waals surface area (Å²) in [4.78, 5) is 0. The molecule has 0 spiro atoms. The van der Waals surface area contributed by atoms with Gasteiger partial charge in [0.2, 0.25) is 0 Å². The van der Waals surface area contributed by atoms with Gasteiger partial charge in [0.1, 0.15) is 0 Å². The standard InChI is InChI=1S/C7H8.C5H5.Mn/c1-7-5-3-2-4-6-7;1-2-4-5-3-1;/h2-6H,1H3;1-5H;/q;-1;. The zero-order chi connectivity index (χ0) is 8.65. The molecule has 0 aromatic heterocycles. The van der Waals surface area contributed by atoms with Crippen LogP contribution in [0.1, 0.15) is 5.56 Å². The third kappa shape index (κ3) is 6.27. The molecule has 0 saturated heterocycles. The largest absolute Gasteiger partial charge is 0.214 e. The summed E-state index contributed by atoms with van der Waals surface area (Å²) in [5.74, 6) is 0. The Kier molecular flexibility index (Phi) is 7.18. The van der Waals surface area contributed by atoms with Crippen LogP contribution < -0.4 is 0 Å². The van der Waals surface area contributed by atoms with Crippen LogP contribution in [0.3, 0.4) is 0 Å². The molecule has 2 rings (SSSR count). The Morgan fingerprint density at radius 3 is 1.62 bits per heavy atom. The zero-order valence-corrected chi connectivity index (χ0v) is 8.83. The van der Waals surface area contributed by atoms with E-state index in [0.717, 1.165) is 0 Å². The normalized spacial score (nSPS) is 7.77. The van der Waals surface area contributed by atoms with Crippen LogP contribution in [0.2, 0.25) is 0 Å². The first-order chi connectivity index (χ1) is 5.89. The minimum atomic E-state index is 0. The van der Waals surface area contributed by atoms with Gasteiger partial charge in [0, 0.05) is 17.1 Å². The molecule has 0 N–H and O–H groups in total. The molecule has 0 bridgehead atoms. The first-order valence-corrected chi connectivity index (χ1v) is 4.08. The second-order valence-corrected chi connectivity index (χ2v) is 2.62. The summed E-state index contributed by atoms with van der Waals surface area (Å²) < 4.78 is 0. The van der Waals surface area contributed by atoms with Gasteiger partial charge in [-0.15, -0.1) is 0 Å². The van der Waals surface area contributed by atoms with Crippen molar-refractivity contribution in [3.05, 3.63) is 66.2 Å². The van der Waals surface area contributed by atoms with Crippen molar-refractivity contribution in [2.45, 2.75) is 6.92 Å². The van der Waals surface area contributed by atoms with Gasteiger partial charge < -0.3 is 0 Å². The van der Waals surface area contributed by atoms with Crippen molar-refractivity contribution >= 4 is 0 Å². The first kappa shape index (κ1) is 12.1. The summed E-state index contributed by atoms with van der Waals surface area (Å²) in [7, 11) is 0. The smallest absolute Gasteiger partial charge is 0 e. The molecule has 69 valence electrons. The molecular formula is C12H13Mn-. The number of hydrogen-bond donors (Lipinski definition) is 0. The molecule has 0 heterocycles. The molecule has 0 saturated carbocycles. The molecule has 0 aliphatic carbocycles. The van der Waals surface area contributed by atoms with Crippen LogP contribution in [-0.4, -0.2) is 0 Å². The van der Waals surface area contributed by atoms with Crippen LogP contribution in [0.25, 0.3) is 0 Å². The third-order valence-electron chi connectivity index (χ3n) is 1.50. The molecule has 0 unspecified atom stereocenters. The maximum atomic E-state index is 2.08. The third-order valence-corrected chi connectivity index (χ3v) is 1.50. The van der Waals surface area contributed by atoms with E-state index in [-0.39, 0.29) is 17.1 Å². The second kappa shape index (κ2) is 7.72. The van der Waals surface area contributed by atoms with Gasteiger partial charge in [0.05, 0.1) is 0 Å². The average Bonchev–Trinajstić information content (AvgIpc) is 2.62. The van der Waals surface area contributed by atoms with Crippen molar-refractivity contribution in [2.75, 3.05) is 0 Å². The quantitative estimate of drug-likeness (QED) is 0.463. The zero-order valence-electron chi connectivity index (χ0n) is 7.65. The second-order valence-electron chi connectivity index (χ2n) is 2.62. The van der Waals surface area contributed by atoms with E-state index in [4.69, 9.17) is 0 Å². The topological polar surface area (TPSA) is 0 Å². The molecular weight excluding hydrogens is 199 g/mol. The Morgan fingerprint density at radius 2 is 1.38 bits per heavy atom. The molecule has 0 nitrogen and oxygen atoms in total. The average molecular weight is 212 g/mol. The SMILES string of the molecule is Cc1ccccc1.[Mn].c1cc[cH-]c1. The summed E-state index contributed by atoms with van der Waals surface area (Å²) in [6, 6.07) is 20.3. The van der Waals surface area contributed by atoms with Crippen LogP contribution in [0.15, 0.2) is 60.7 Å². The van der Waals surface area contributed by atoms with E-state index in [9.17, 15) is 0 Å². The fraction of sp³-hybridized carbons (Fsp3) is 0.0833. The monoisotopic (exact) mass is 212 g/mol. The van der Waals surface area contributed by atoms with E-state index in [1.54, 1.807) is 0 Å². The molecule has 1 heteroatoms. The number of benzene rings is 1. The van der Waals surface area contributed by atoms with E-state index < -0.39 is 0 Å². The van der Waals surface area contributed by atoms with Gasteiger partial charge >= 0.3 is 0 Å². The maximum Gasteiger partial charge on any atom is 0 e. The van der Waals surface area contributed by atoms with E-state index in [0.29, 0.717) is 0 Å². The van der Waals surface area contributed by atoms with E-state index in [2.05, 4.69) is 19.1 Å². The van der Waals surface area contributed by atoms with Crippen LogP contribution in [0, 0.1) is 6.92 Å². The summed E-state index contributed by atoms with van der Waals surface area (Å²) in [6.07, 6.45) is 0. The van der Waals surface area contributed by atoms with Crippen molar-refractivity contribution < 1.29 is 17.1 Å². The van der Waals surface area contributed by atoms with Crippen molar-refractivity contribution in [3.63, 3.8) is 0 Å². The van der Waals surface area contributed by atoms with Gasteiger partial charge in [-0.1, -0.05) is 35.9 Å². The molecule has 0 aliphatic rings. The van der Waals surface area contributed by atoms with Crippen LogP contribution in [0.4, 0.5) is 0 Å². The molecule has 2 aromatic carbocycles. The summed E-state index contributed by atoms with van der Waals surface area (Å²) in [6.45, 7) is 2.08. The minimum absolute atomic E-state index is 0. The maximum absolute atomic E-state index is 2.08. The van der Waals surface area contributed by atoms with E-state index in [1.807, 2.05) is 48.5 Å². The molecule has 0 fully saturated rings. The molecule has 0 aliphatic heterocycles. The number of hydrogen-bond acceptors (Lipinski definition) is 0. The summed E-state index contributed by atoms with van der Waals surface area (Å²) >= 11 is 0. The molecule has 0 amide bonds. The number of rotatable bonds is 0. The summed E-state index contributed by atoms with van der Waals surface area (Å²) in [5, 5.41) is 0. The molecule has 0 atom stereocenters. The Balaban J connectivity index is 0.000000215. The first-order valence-electron chi connectivity index (χ1n) is 4.08. The van der Waals surface area contributed by atoms with Crippen LogP contribution in [-0.2, 0) is 17.1 Å². The van der Waals surface area contributed by atoms with Gasteiger partial charge in [0.15, 0.2) is 0 Å². The van der Waals surface area contributed by atoms with Gasteiger partial charge in [-0.2, -0.15) is 18.2 Å². The Bertz CT molecular complexity index is 254. The van der Waals surface area contributed by atoms with Crippen LogP contribution >= 0.6 is 0 Å². The molecule has 2 aromatic rings. The predicted octanol–water partition coefficient (Wildman–Crippen LogP) is 3.40.